The largest absolute Gasteiger partial charge is 0.338 e. The highest BCUT2D eigenvalue weighted by Crippen LogP contribution is 2.18. The Hall–Kier alpha value is -2.17. The summed E-state index contributed by atoms with van der Waals surface area (Å²) in [7, 11) is 0. The molecule has 0 aliphatic rings. The van der Waals surface area contributed by atoms with Gasteiger partial charge in [0.25, 0.3) is 5.56 Å². The zero-order valence-corrected chi connectivity index (χ0v) is 16.0. The Balaban J connectivity index is 2.08. The summed E-state index contributed by atoms with van der Waals surface area (Å²) in [6.07, 6.45) is 3.59. The SMILES string of the molecule is CCCCC[NH2+][C@@H](C)c1nc2ccccc2c(=O)n1-c1ccc(Cl)cc1. The number of halogens is 1. The fourth-order valence-electron chi connectivity index (χ4n) is 3.16. The Morgan fingerprint density at radius 2 is 1.85 bits per heavy atom. The van der Waals surface area contributed by atoms with Gasteiger partial charge in [-0.05, 0) is 56.2 Å². The minimum Gasteiger partial charge on any atom is -0.338 e. The lowest BCUT2D eigenvalue weighted by Crippen LogP contribution is -2.85. The average molecular weight is 371 g/mol. The monoisotopic (exact) mass is 370 g/mol. The van der Waals surface area contributed by atoms with Crippen LogP contribution in [0, 0.1) is 0 Å². The molecule has 0 unspecified atom stereocenters. The van der Waals surface area contributed by atoms with Crippen LogP contribution in [0.15, 0.2) is 53.3 Å². The van der Waals surface area contributed by atoms with Crippen LogP contribution in [0.1, 0.15) is 45.0 Å². The number of fused-ring (bicyclic) bond motifs is 1. The number of benzene rings is 2. The van der Waals surface area contributed by atoms with Crippen molar-refractivity contribution < 1.29 is 5.32 Å². The third kappa shape index (κ3) is 3.97. The van der Waals surface area contributed by atoms with E-state index in [0.717, 1.165) is 23.6 Å². The molecular weight excluding hydrogens is 346 g/mol. The first-order chi connectivity index (χ1) is 12.6. The van der Waals surface area contributed by atoms with Gasteiger partial charge in [-0.15, -0.1) is 0 Å². The van der Waals surface area contributed by atoms with Gasteiger partial charge in [-0.3, -0.25) is 9.36 Å². The van der Waals surface area contributed by atoms with E-state index in [4.69, 9.17) is 16.6 Å². The predicted molar refractivity (Wildman–Crippen MR) is 107 cm³/mol. The van der Waals surface area contributed by atoms with Crippen molar-refractivity contribution >= 4 is 22.5 Å². The smallest absolute Gasteiger partial charge is 0.266 e. The first kappa shape index (κ1) is 18.6. The molecule has 0 aliphatic carbocycles. The van der Waals surface area contributed by atoms with Crippen molar-refractivity contribution in [2.75, 3.05) is 6.54 Å². The molecule has 0 amide bonds. The lowest BCUT2D eigenvalue weighted by Gasteiger charge is -2.17. The van der Waals surface area contributed by atoms with Crippen molar-refractivity contribution in [2.45, 2.75) is 39.2 Å². The number of quaternary nitrogens is 1. The van der Waals surface area contributed by atoms with E-state index in [-0.39, 0.29) is 11.6 Å². The van der Waals surface area contributed by atoms with Crippen LogP contribution in [0.3, 0.4) is 0 Å². The summed E-state index contributed by atoms with van der Waals surface area (Å²) in [5, 5.41) is 3.54. The van der Waals surface area contributed by atoms with Gasteiger partial charge in [0, 0.05) is 5.02 Å². The standard InChI is InChI=1S/C21H24ClN3O/c1-3-4-7-14-23-15(2)20-24-19-9-6-5-8-18(19)21(26)25(20)17-12-10-16(22)11-13-17/h5-6,8-13,15,23H,3-4,7,14H2,1-2H3/p+1/t15-/m0/s1. The third-order valence-electron chi connectivity index (χ3n) is 4.62. The molecule has 0 spiro atoms. The van der Waals surface area contributed by atoms with E-state index >= 15 is 0 Å². The lowest BCUT2D eigenvalue weighted by atomic mass is 10.2. The van der Waals surface area contributed by atoms with E-state index in [1.54, 1.807) is 16.7 Å². The topological polar surface area (TPSA) is 51.5 Å². The number of nitrogens with two attached hydrogens (primary N) is 1. The van der Waals surface area contributed by atoms with E-state index in [1.807, 2.05) is 36.4 Å². The number of rotatable bonds is 7. The summed E-state index contributed by atoms with van der Waals surface area (Å²) in [5.74, 6) is 0.771. The lowest BCUT2D eigenvalue weighted by molar-refractivity contribution is -0.694. The maximum absolute atomic E-state index is 13.2. The number of unbranched alkanes of at least 4 members (excludes halogenated alkanes) is 2. The Labute approximate surface area is 158 Å². The second-order valence-corrected chi connectivity index (χ2v) is 7.06. The van der Waals surface area contributed by atoms with Gasteiger partial charge in [-0.25, -0.2) is 4.98 Å². The molecule has 3 aromatic rings. The molecule has 0 radical (unpaired) electrons. The molecule has 26 heavy (non-hydrogen) atoms. The van der Waals surface area contributed by atoms with Crippen LogP contribution in [0.25, 0.3) is 16.6 Å². The fourth-order valence-corrected chi connectivity index (χ4v) is 3.29. The van der Waals surface area contributed by atoms with Crippen LogP contribution >= 0.6 is 11.6 Å². The van der Waals surface area contributed by atoms with Crippen molar-refractivity contribution in [3.05, 3.63) is 69.7 Å². The number of para-hydroxylation sites is 1. The quantitative estimate of drug-likeness (QED) is 0.642. The van der Waals surface area contributed by atoms with Crippen molar-refractivity contribution in [1.29, 1.82) is 0 Å². The molecule has 0 fully saturated rings. The van der Waals surface area contributed by atoms with Crippen molar-refractivity contribution in [2.24, 2.45) is 0 Å². The summed E-state index contributed by atoms with van der Waals surface area (Å²) in [6.45, 7) is 5.33. The van der Waals surface area contributed by atoms with Crippen LogP contribution < -0.4 is 10.9 Å². The molecule has 1 atom stereocenters. The maximum atomic E-state index is 13.2. The average Bonchev–Trinajstić information content (AvgIpc) is 2.66. The van der Waals surface area contributed by atoms with Crippen LogP contribution in [0.5, 0.6) is 0 Å². The van der Waals surface area contributed by atoms with Gasteiger partial charge in [-0.1, -0.05) is 37.1 Å². The molecule has 0 aliphatic heterocycles. The third-order valence-corrected chi connectivity index (χ3v) is 4.87. The highest BCUT2D eigenvalue weighted by atomic mass is 35.5. The molecule has 4 nitrogen and oxygen atoms in total. The van der Waals surface area contributed by atoms with Crippen LogP contribution in [-0.4, -0.2) is 16.1 Å². The second kappa shape index (κ2) is 8.47. The summed E-state index contributed by atoms with van der Waals surface area (Å²) in [5.41, 5.74) is 1.50. The van der Waals surface area contributed by atoms with Gasteiger partial charge in [0.05, 0.1) is 23.1 Å². The first-order valence-corrected chi connectivity index (χ1v) is 9.60. The molecule has 3 rings (SSSR count). The summed E-state index contributed by atoms with van der Waals surface area (Å²) in [6, 6.07) is 14.9. The van der Waals surface area contributed by atoms with E-state index in [1.165, 1.54) is 19.3 Å². The Bertz CT molecular complexity index is 934. The zero-order valence-electron chi connectivity index (χ0n) is 15.3. The maximum Gasteiger partial charge on any atom is 0.266 e. The molecule has 0 bridgehead atoms. The van der Waals surface area contributed by atoms with Gasteiger partial charge < -0.3 is 5.32 Å². The molecule has 2 aromatic carbocycles. The highest BCUT2D eigenvalue weighted by molar-refractivity contribution is 6.30. The molecular formula is C21H25ClN3O+. The summed E-state index contributed by atoms with van der Waals surface area (Å²) >= 11 is 6.03. The van der Waals surface area contributed by atoms with E-state index < -0.39 is 0 Å². The molecule has 1 aromatic heterocycles. The molecule has 5 heteroatoms. The molecule has 0 saturated heterocycles. The number of hydrogen-bond acceptors (Lipinski definition) is 2. The normalized spacial score (nSPS) is 12.4. The molecule has 136 valence electrons. The number of hydrogen-bond donors (Lipinski definition) is 1. The van der Waals surface area contributed by atoms with E-state index in [9.17, 15) is 4.79 Å². The first-order valence-electron chi connectivity index (χ1n) is 9.22. The van der Waals surface area contributed by atoms with Crippen LogP contribution in [0.2, 0.25) is 5.02 Å². The van der Waals surface area contributed by atoms with Crippen LogP contribution in [-0.2, 0) is 0 Å². The van der Waals surface area contributed by atoms with Crippen molar-refractivity contribution in [1.82, 2.24) is 9.55 Å². The number of nitrogens with zero attached hydrogens (tertiary/aromatic N) is 2. The summed E-state index contributed by atoms with van der Waals surface area (Å²) < 4.78 is 1.72. The molecule has 0 saturated carbocycles. The van der Waals surface area contributed by atoms with Gasteiger partial charge in [0.1, 0.15) is 6.04 Å². The number of aromatic nitrogens is 2. The minimum atomic E-state index is -0.0401. The Morgan fingerprint density at radius 1 is 1.12 bits per heavy atom. The van der Waals surface area contributed by atoms with Gasteiger partial charge in [0.15, 0.2) is 5.82 Å². The Kier molecular flexibility index (Phi) is 6.07. The summed E-state index contributed by atoms with van der Waals surface area (Å²) in [4.78, 5) is 18.0. The minimum absolute atomic E-state index is 0.0401. The van der Waals surface area contributed by atoms with Gasteiger partial charge in [-0.2, -0.15) is 0 Å². The molecule has 1 heterocycles. The fraction of sp³-hybridized carbons (Fsp3) is 0.333. The van der Waals surface area contributed by atoms with Crippen molar-refractivity contribution in [3.8, 4) is 5.69 Å². The highest BCUT2D eigenvalue weighted by Gasteiger charge is 2.19. The second-order valence-electron chi connectivity index (χ2n) is 6.62. The Morgan fingerprint density at radius 3 is 2.58 bits per heavy atom. The molecule has 2 N–H and O–H groups in total. The van der Waals surface area contributed by atoms with E-state index in [2.05, 4.69) is 19.2 Å². The predicted octanol–water partition coefficient (Wildman–Crippen LogP) is 3.85. The van der Waals surface area contributed by atoms with Crippen molar-refractivity contribution in [3.63, 3.8) is 0 Å². The zero-order chi connectivity index (χ0) is 18.5. The van der Waals surface area contributed by atoms with Crippen LogP contribution in [0.4, 0.5) is 0 Å². The van der Waals surface area contributed by atoms with E-state index in [0.29, 0.717) is 10.4 Å². The van der Waals surface area contributed by atoms with Gasteiger partial charge >= 0.3 is 0 Å². The van der Waals surface area contributed by atoms with Gasteiger partial charge in [0.2, 0.25) is 0 Å².